The number of aliphatic hydroxyl groups is 3. The summed E-state index contributed by atoms with van der Waals surface area (Å²) in [4.78, 5) is 0. The van der Waals surface area contributed by atoms with E-state index in [9.17, 15) is 4.48 Å². The molecule has 1 fully saturated rings. The van der Waals surface area contributed by atoms with Crippen LogP contribution in [0.25, 0.3) is 0 Å². The van der Waals surface area contributed by atoms with E-state index in [0.29, 0.717) is 0 Å². The van der Waals surface area contributed by atoms with Crippen molar-refractivity contribution in [3.8, 4) is 0 Å². The molecule has 0 aliphatic carbocycles. The predicted molar refractivity (Wildman–Crippen MR) is 32.0 cm³/mol. The van der Waals surface area contributed by atoms with Gasteiger partial charge >= 0.3 is 0 Å². The van der Waals surface area contributed by atoms with Crippen LogP contribution < -0.4 is 5.54 Å². The van der Waals surface area contributed by atoms with Gasteiger partial charge in [-0.3, -0.25) is 0 Å². The molecule has 1 unspecified atom stereocenters. The first-order valence-corrected chi connectivity index (χ1v) is 3.19. The third-order valence-electron chi connectivity index (χ3n) is 1.65. The Labute approximate surface area is 62.3 Å². The van der Waals surface area contributed by atoms with Gasteiger partial charge in [0.15, 0.2) is 6.23 Å². The quantitative estimate of drug-likeness (QED) is 0.354. The first-order valence-electron chi connectivity index (χ1n) is 3.19. The van der Waals surface area contributed by atoms with Crippen LogP contribution in [0.4, 0.5) is 4.48 Å². The number of hydrogen-bond acceptors (Lipinski definition) is 5. The lowest BCUT2D eigenvalue weighted by molar-refractivity contribution is -0.0590. The summed E-state index contributed by atoms with van der Waals surface area (Å²) in [6.45, 7) is -0.448. The SMILES string of the molecule is OC[C@H]1OC(NF)[C@H](O)[C@@H]1O. The second-order valence-electron chi connectivity index (χ2n) is 2.37. The van der Waals surface area contributed by atoms with E-state index in [2.05, 4.69) is 4.74 Å². The molecule has 5 nitrogen and oxygen atoms in total. The number of halogens is 1. The average molecular weight is 167 g/mol. The largest absolute Gasteiger partial charge is 0.394 e. The fraction of sp³-hybridized carbons (Fsp3) is 1.00. The highest BCUT2D eigenvalue weighted by Gasteiger charge is 2.42. The summed E-state index contributed by atoms with van der Waals surface area (Å²) in [5, 5.41) is 26.5. The standard InChI is InChI=1S/C5H10FNO4/c6-7-5-4(10)3(9)2(1-8)11-5/h2-5,7-10H,1H2/t2-,3-,4-,5?/m1/s1. The highest BCUT2D eigenvalue weighted by atomic mass is 19.2. The Morgan fingerprint density at radius 2 is 2.00 bits per heavy atom. The predicted octanol–water partition coefficient (Wildman–Crippen LogP) is -2.10. The third-order valence-corrected chi connectivity index (χ3v) is 1.65. The zero-order valence-corrected chi connectivity index (χ0v) is 5.64. The Morgan fingerprint density at radius 1 is 1.36 bits per heavy atom. The number of hydrogen-bond donors (Lipinski definition) is 4. The zero-order valence-electron chi connectivity index (χ0n) is 5.64. The number of rotatable bonds is 2. The summed E-state index contributed by atoms with van der Waals surface area (Å²) in [5.74, 6) is 0. The Balaban J connectivity index is 2.53. The lowest BCUT2D eigenvalue weighted by Crippen LogP contribution is -2.37. The van der Waals surface area contributed by atoms with E-state index in [4.69, 9.17) is 15.3 Å². The van der Waals surface area contributed by atoms with E-state index in [1.165, 1.54) is 5.54 Å². The fourth-order valence-corrected chi connectivity index (χ4v) is 0.990. The van der Waals surface area contributed by atoms with Gasteiger partial charge in [0.1, 0.15) is 18.3 Å². The highest BCUT2D eigenvalue weighted by Crippen LogP contribution is 2.18. The van der Waals surface area contributed by atoms with Gasteiger partial charge in [-0.25, -0.2) is 0 Å². The van der Waals surface area contributed by atoms with Crippen molar-refractivity contribution in [2.45, 2.75) is 24.5 Å². The van der Waals surface area contributed by atoms with Crippen LogP contribution in [-0.2, 0) is 4.74 Å². The average Bonchev–Trinajstić information content (AvgIpc) is 2.30. The molecular formula is C5H10FNO4. The van der Waals surface area contributed by atoms with Crippen LogP contribution in [-0.4, -0.2) is 46.5 Å². The molecule has 0 aromatic rings. The minimum absolute atomic E-state index is 0.448. The summed E-state index contributed by atoms with van der Waals surface area (Å²) in [6, 6.07) is 0. The molecule has 66 valence electrons. The maximum atomic E-state index is 11.7. The molecule has 4 atom stereocenters. The first kappa shape index (κ1) is 8.82. The molecule has 0 aromatic heterocycles. The van der Waals surface area contributed by atoms with E-state index >= 15 is 0 Å². The van der Waals surface area contributed by atoms with Crippen molar-refractivity contribution in [2.75, 3.05) is 6.61 Å². The summed E-state index contributed by atoms with van der Waals surface area (Å²) in [6.07, 6.45) is -4.74. The molecule has 1 saturated heterocycles. The van der Waals surface area contributed by atoms with Crippen molar-refractivity contribution in [1.29, 1.82) is 0 Å². The third kappa shape index (κ3) is 1.49. The van der Waals surface area contributed by atoms with E-state index in [0.717, 1.165) is 0 Å². The molecule has 0 radical (unpaired) electrons. The molecule has 1 heterocycles. The van der Waals surface area contributed by atoms with Gasteiger partial charge in [0.05, 0.1) is 6.61 Å². The molecule has 0 spiro atoms. The fourth-order valence-electron chi connectivity index (χ4n) is 0.990. The smallest absolute Gasteiger partial charge is 0.164 e. The Morgan fingerprint density at radius 3 is 2.27 bits per heavy atom. The van der Waals surface area contributed by atoms with Gasteiger partial charge in [-0.1, -0.05) is 0 Å². The summed E-state index contributed by atoms with van der Waals surface area (Å²) in [5.41, 5.74) is 1.17. The van der Waals surface area contributed by atoms with E-state index in [-0.39, 0.29) is 0 Å². The minimum Gasteiger partial charge on any atom is -0.394 e. The van der Waals surface area contributed by atoms with Gasteiger partial charge in [-0.15, -0.1) is 10.0 Å². The van der Waals surface area contributed by atoms with Crippen molar-refractivity contribution in [2.24, 2.45) is 0 Å². The summed E-state index contributed by atoms with van der Waals surface area (Å²) >= 11 is 0. The summed E-state index contributed by atoms with van der Waals surface area (Å²) in [7, 11) is 0. The minimum atomic E-state index is -1.34. The van der Waals surface area contributed by atoms with Crippen molar-refractivity contribution < 1.29 is 24.5 Å². The molecule has 0 bridgehead atoms. The van der Waals surface area contributed by atoms with Crippen molar-refractivity contribution in [3.63, 3.8) is 0 Å². The first-order chi connectivity index (χ1) is 5.20. The van der Waals surface area contributed by atoms with Crippen molar-refractivity contribution in [1.82, 2.24) is 5.54 Å². The molecule has 1 aliphatic heterocycles. The molecule has 0 saturated carbocycles. The van der Waals surface area contributed by atoms with Crippen molar-refractivity contribution in [3.05, 3.63) is 0 Å². The van der Waals surface area contributed by atoms with E-state index < -0.39 is 31.1 Å². The molecule has 1 rings (SSSR count). The number of nitrogens with one attached hydrogen (secondary N) is 1. The van der Waals surface area contributed by atoms with Crippen LogP contribution in [0, 0.1) is 0 Å². The normalized spacial score (nSPS) is 44.7. The molecule has 6 heteroatoms. The molecule has 11 heavy (non-hydrogen) atoms. The second kappa shape index (κ2) is 3.42. The Hall–Kier alpha value is -0.270. The van der Waals surface area contributed by atoms with Gasteiger partial charge < -0.3 is 20.1 Å². The van der Waals surface area contributed by atoms with E-state index in [1.54, 1.807) is 0 Å². The molecule has 4 N–H and O–H groups in total. The lowest BCUT2D eigenvalue weighted by Gasteiger charge is -2.10. The number of aliphatic hydroxyl groups excluding tert-OH is 3. The summed E-state index contributed by atoms with van der Waals surface area (Å²) < 4.78 is 16.4. The van der Waals surface area contributed by atoms with Gasteiger partial charge in [-0.2, -0.15) is 0 Å². The maximum Gasteiger partial charge on any atom is 0.164 e. The van der Waals surface area contributed by atoms with Crippen LogP contribution in [0.15, 0.2) is 0 Å². The van der Waals surface area contributed by atoms with Crippen molar-refractivity contribution >= 4 is 0 Å². The van der Waals surface area contributed by atoms with E-state index in [1.807, 2.05) is 0 Å². The number of ether oxygens (including phenoxy) is 1. The second-order valence-corrected chi connectivity index (χ2v) is 2.37. The zero-order chi connectivity index (χ0) is 8.43. The molecule has 0 amide bonds. The van der Waals surface area contributed by atoms with Gasteiger partial charge in [-0.05, 0) is 0 Å². The molecule has 1 aliphatic rings. The monoisotopic (exact) mass is 167 g/mol. The van der Waals surface area contributed by atoms with Crippen LogP contribution in [0.1, 0.15) is 0 Å². The van der Waals surface area contributed by atoms with Crippen LogP contribution >= 0.6 is 0 Å². The lowest BCUT2D eigenvalue weighted by atomic mass is 10.1. The van der Waals surface area contributed by atoms with Crippen LogP contribution in [0.2, 0.25) is 0 Å². The van der Waals surface area contributed by atoms with Gasteiger partial charge in [0.25, 0.3) is 0 Å². The Kier molecular flexibility index (Phi) is 2.74. The topological polar surface area (TPSA) is 82.0 Å². The molecule has 0 aromatic carbocycles. The van der Waals surface area contributed by atoms with Crippen LogP contribution in [0.5, 0.6) is 0 Å². The van der Waals surface area contributed by atoms with Crippen LogP contribution in [0.3, 0.4) is 0 Å². The van der Waals surface area contributed by atoms with Gasteiger partial charge in [0.2, 0.25) is 0 Å². The van der Waals surface area contributed by atoms with Gasteiger partial charge in [0, 0.05) is 0 Å². The Bertz CT molecular complexity index is 118. The molecular weight excluding hydrogens is 157 g/mol. The maximum absolute atomic E-state index is 11.7. The highest BCUT2D eigenvalue weighted by molar-refractivity contribution is 4.87.